The number of amides is 1. The van der Waals surface area contributed by atoms with Crippen LogP contribution in [0.4, 0.5) is 0 Å². The van der Waals surface area contributed by atoms with Crippen molar-refractivity contribution in [1.82, 2.24) is 20.5 Å². The standard InChI is InChI=1S/C30H38N4O2/c1-29(2,34-15-9-4-10-16-34)21-32-28(35)30(3,18-23-19-31-26-13-7-6-12-25(23)26)33-20-24-17-22-11-5-8-14-27(22)36-24/h5-8,11-14,17,19,31,33H,4,9-10,15-16,18,20-21H2,1-3H3,(H,32,35). The maximum absolute atomic E-state index is 13.8. The van der Waals surface area contributed by atoms with Gasteiger partial charge >= 0.3 is 0 Å². The molecule has 1 atom stereocenters. The van der Waals surface area contributed by atoms with Crippen molar-refractivity contribution in [2.75, 3.05) is 19.6 Å². The molecule has 1 saturated heterocycles. The molecule has 1 unspecified atom stereocenters. The fraction of sp³-hybridized carbons (Fsp3) is 0.433. The molecular formula is C30H38N4O2. The highest BCUT2D eigenvalue weighted by Crippen LogP contribution is 2.25. The molecule has 0 saturated carbocycles. The number of aromatic nitrogens is 1. The van der Waals surface area contributed by atoms with Crippen LogP contribution in [0.1, 0.15) is 51.4 Å². The molecule has 1 aliphatic rings. The first-order chi connectivity index (χ1) is 17.3. The van der Waals surface area contributed by atoms with Gasteiger partial charge in [-0.05, 0) is 70.5 Å². The number of likely N-dealkylation sites (tertiary alicyclic amines) is 1. The zero-order valence-electron chi connectivity index (χ0n) is 21.7. The average Bonchev–Trinajstić information content (AvgIpc) is 3.50. The van der Waals surface area contributed by atoms with E-state index in [4.69, 9.17) is 4.42 Å². The largest absolute Gasteiger partial charge is 0.460 e. The molecule has 3 N–H and O–H groups in total. The monoisotopic (exact) mass is 486 g/mol. The molecule has 0 spiro atoms. The summed E-state index contributed by atoms with van der Waals surface area (Å²) in [6.45, 7) is 9.74. The lowest BCUT2D eigenvalue weighted by Gasteiger charge is -2.42. The molecule has 3 heterocycles. The minimum Gasteiger partial charge on any atom is -0.460 e. The Labute approximate surface area is 213 Å². The van der Waals surface area contributed by atoms with E-state index in [0.717, 1.165) is 46.3 Å². The van der Waals surface area contributed by atoms with Crippen molar-refractivity contribution >= 4 is 27.8 Å². The summed E-state index contributed by atoms with van der Waals surface area (Å²) in [7, 11) is 0. The predicted molar refractivity (Wildman–Crippen MR) is 146 cm³/mol. The van der Waals surface area contributed by atoms with Gasteiger partial charge in [0, 0.05) is 41.0 Å². The van der Waals surface area contributed by atoms with Crippen LogP contribution in [0.3, 0.4) is 0 Å². The Morgan fingerprint density at radius 1 is 1.03 bits per heavy atom. The summed E-state index contributed by atoms with van der Waals surface area (Å²) in [6, 6.07) is 18.3. The van der Waals surface area contributed by atoms with Gasteiger partial charge in [-0.2, -0.15) is 0 Å². The Balaban J connectivity index is 1.35. The van der Waals surface area contributed by atoms with Crippen molar-refractivity contribution < 1.29 is 9.21 Å². The van der Waals surface area contributed by atoms with Crippen LogP contribution in [-0.2, 0) is 17.8 Å². The smallest absolute Gasteiger partial charge is 0.240 e. The van der Waals surface area contributed by atoms with Gasteiger partial charge in [-0.25, -0.2) is 0 Å². The summed E-state index contributed by atoms with van der Waals surface area (Å²) < 4.78 is 6.04. The van der Waals surface area contributed by atoms with Crippen molar-refractivity contribution in [2.45, 2.75) is 64.1 Å². The van der Waals surface area contributed by atoms with Crippen LogP contribution in [0.5, 0.6) is 0 Å². The molecule has 6 nitrogen and oxygen atoms in total. The van der Waals surface area contributed by atoms with E-state index in [0.29, 0.717) is 19.5 Å². The Kier molecular flexibility index (Phi) is 6.91. The van der Waals surface area contributed by atoms with E-state index in [-0.39, 0.29) is 11.4 Å². The van der Waals surface area contributed by atoms with Crippen LogP contribution in [0.2, 0.25) is 0 Å². The van der Waals surface area contributed by atoms with E-state index in [1.54, 1.807) is 0 Å². The van der Waals surface area contributed by atoms with Gasteiger partial charge in [0.05, 0.1) is 12.1 Å². The number of carbonyl (C=O) groups excluding carboxylic acids is 1. The SMILES string of the molecule is CC(Cc1c[nH]c2ccccc12)(NCc1cc2ccccc2o1)C(=O)NCC(C)(C)N1CCCCC1. The lowest BCUT2D eigenvalue weighted by Crippen LogP contribution is -2.60. The van der Waals surface area contributed by atoms with E-state index >= 15 is 0 Å². The van der Waals surface area contributed by atoms with Crippen LogP contribution in [-0.4, -0.2) is 46.5 Å². The van der Waals surface area contributed by atoms with Crippen molar-refractivity contribution in [1.29, 1.82) is 0 Å². The molecule has 36 heavy (non-hydrogen) atoms. The zero-order chi connectivity index (χ0) is 25.2. The predicted octanol–water partition coefficient (Wildman–Crippen LogP) is 5.39. The molecular weight excluding hydrogens is 448 g/mol. The third-order valence-electron chi connectivity index (χ3n) is 7.74. The number of piperidine rings is 1. The van der Waals surface area contributed by atoms with Gasteiger partial charge < -0.3 is 14.7 Å². The average molecular weight is 487 g/mol. The summed E-state index contributed by atoms with van der Waals surface area (Å²) >= 11 is 0. The third-order valence-corrected chi connectivity index (χ3v) is 7.74. The normalized spacial score (nSPS) is 16.9. The molecule has 190 valence electrons. The molecule has 1 aliphatic heterocycles. The molecule has 1 amide bonds. The van der Waals surface area contributed by atoms with Crippen LogP contribution >= 0.6 is 0 Å². The van der Waals surface area contributed by atoms with Crippen LogP contribution in [0, 0.1) is 0 Å². The molecule has 1 fully saturated rings. The van der Waals surface area contributed by atoms with Crippen LogP contribution in [0.25, 0.3) is 21.9 Å². The second-order valence-electron chi connectivity index (χ2n) is 11.0. The van der Waals surface area contributed by atoms with Gasteiger partial charge in [-0.1, -0.05) is 42.8 Å². The summed E-state index contributed by atoms with van der Waals surface area (Å²) in [5.74, 6) is 0.830. The number of rotatable bonds is 9. The van der Waals surface area contributed by atoms with Crippen molar-refractivity contribution in [3.63, 3.8) is 0 Å². The van der Waals surface area contributed by atoms with Gasteiger partial charge in [-0.15, -0.1) is 0 Å². The summed E-state index contributed by atoms with van der Waals surface area (Å²) in [5.41, 5.74) is 2.16. The van der Waals surface area contributed by atoms with Crippen molar-refractivity contribution in [2.24, 2.45) is 0 Å². The lowest BCUT2D eigenvalue weighted by molar-refractivity contribution is -0.127. The van der Waals surface area contributed by atoms with E-state index in [2.05, 4.69) is 46.5 Å². The Morgan fingerprint density at radius 3 is 2.58 bits per heavy atom. The molecule has 0 radical (unpaired) electrons. The van der Waals surface area contributed by atoms with Crippen molar-refractivity contribution in [3.05, 3.63) is 72.1 Å². The number of hydrogen-bond donors (Lipinski definition) is 3. The van der Waals surface area contributed by atoms with Gasteiger partial charge in [0.1, 0.15) is 11.3 Å². The summed E-state index contributed by atoms with van der Waals surface area (Å²) in [6.07, 6.45) is 6.35. The molecule has 0 bridgehead atoms. The molecule has 5 rings (SSSR count). The summed E-state index contributed by atoms with van der Waals surface area (Å²) in [5, 5.41) is 9.08. The van der Waals surface area contributed by atoms with Gasteiger partial charge in [0.2, 0.25) is 5.91 Å². The molecule has 6 heteroatoms. The molecule has 2 aromatic carbocycles. The number of nitrogens with one attached hydrogen (secondary N) is 3. The number of hydrogen-bond acceptors (Lipinski definition) is 4. The minimum absolute atomic E-state index is 0.00831. The number of furan rings is 1. The summed E-state index contributed by atoms with van der Waals surface area (Å²) in [4.78, 5) is 19.7. The van der Waals surface area contributed by atoms with Crippen LogP contribution < -0.4 is 10.6 Å². The van der Waals surface area contributed by atoms with Gasteiger partial charge in [-0.3, -0.25) is 15.0 Å². The Bertz CT molecular complexity index is 1300. The number of H-pyrrole nitrogens is 1. The topological polar surface area (TPSA) is 73.3 Å². The Hall–Kier alpha value is -3.09. The third kappa shape index (κ3) is 5.20. The Morgan fingerprint density at radius 2 is 1.78 bits per heavy atom. The second-order valence-corrected chi connectivity index (χ2v) is 11.0. The molecule has 2 aromatic heterocycles. The highest BCUT2D eigenvalue weighted by Gasteiger charge is 2.36. The first-order valence-corrected chi connectivity index (χ1v) is 13.1. The minimum atomic E-state index is -0.818. The number of carbonyl (C=O) groups is 1. The van der Waals surface area contributed by atoms with E-state index in [1.807, 2.05) is 55.6 Å². The maximum atomic E-state index is 13.8. The number of fused-ring (bicyclic) bond motifs is 2. The maximum Gasteiger partial charge on any atom is 0.240 e. The highest BCUT2D eigenvalue weighted by atomic mass is 16.3. The van der Waals surface area contributed by atoms with E-state index in [1.165, 1.54) is 19.3 Å². The second kappa shape index (κ2) is 10.1. The zero-order valence-corrected chi connectivity index (χ0v) is 21.7. The quantitative estimate of drug-likeness (QED) is 0.297. The van der Waals surface area contributed by atoms with Gasteiger partial charge in [0.15, 0.2) is 0 Å². The first-order valence-electron chi connectivity index (χ1n) is 13.1. The van der Waals surface area contributed by atoms with Crippen molar-refractivity contribution in [3.8, 4) is 0 Å². The van der Waals surface area contributed by atoms with Crippen LogP contribution in [0.15, 0.2) is 65.2 Å². The lowest BCUT2D eigenvalue weighted by atomic mass is 9.90. The number of nitrogens with zero attached hydrogens (tertiary/aromatic N) is 1. The molecule has 4 aromatic rings. The van der Waals surface area contributed by atoms with E-state index in [9.17, 15) is 4.79 Å². The fourth-order valence-corrected chi connectivity index (χ4v) is 5.39. The van der Waals surface area contributed by atoms with E-state index < -0.39 is 5.54 Å². The number of para-hydroxylation sites is 2. The van der Waals surface area contributed by atoms with Gasteiger partial charge in [0.25, 0.3) is 0 Å². The molecule has 0 aliphatic carbocycles. The fourth-order valence-electron chi connectivity index (χ4n) is 5.39. The number of aromatic amines is 1. The first kappa shape index (κ1) is 24.6. The number of benzene rings is 2. The highest BCUT2D eigenvalue weighted by molar-refractivity contribution is 5.89.